The molecule has 1 heterocycles. The fourth-order valence-electron chi connectivity index (χ4n) is 3.06. The zero-order chi connectivity index (χ0) is 19.3. The smallest absolute Gasteiger partial charge is 0.228 e. The van der Waals surface area contributed by atoms with Gasteiger partial charge in [0.2, 0.25) is 5.90 Å². The highest BCUT2D eigenvalue weighted by Crippen LogP contribution is 2.40. The predicted octanol–water partition coefficient (Wildman–Crippen LogP) is 5.39. The zero-order valence-electron chi connectivity index (χ0n) is 15.4. The molecular weight excluding hydrogens is 350 g/mol. The lowest BCUT2D eigenvalue weighted by molar-refractivity contribution is 0.303. The molecule has 28 heavy (non-hydrogen) atoms. The Balaban J connectivity index is 2.03. The average Bonchev–Trinajstić information content (AvgIpc) is 3.14. The number of hydrogen-bond donors (Lipinski definition) is 1. The largest absolute Gasteiger partial charge is 0.435 e. The van der Waals surface area contributed by atoms with Crippen molar-refractivity contribution in [1.82, 2.24) is 9.78 Å². The van der Waals surface area contributed by atoms with Gasteiger partial charge < -0.3 is 9.94 Å². The molecule has 0 radical (unpaired) electrons. The third-order valence-electron chi connectivity index (χ3n) is 4.33. The SMILES string of the molecule is C/C(=N/O)Oc1c(-c2ccccc2)nn(-c2ccccc2)c1-c1ccccc1. The number of oxime groups is 1. The van der Waals surface area contributed by atoms with Crippen LogP contribution in [0.3, 0.4) is 0 Å². The number of benzene rings is 3. The Labute approximate surface area is 163 Å². The van der Waals surface area contributed by atoms with E-state index in [1.54, 1.807) is 6.92 Å². The number of nitrogens with zero attached hydrogens (tertiary/aromatic N) is 3. The standard InChI is InChI=1S/C23H19N3O2/c1-17(25-27)28-23-21(18-11-5-2-6-12-18)24-26(20-15-9-4-10-16-20)22(23)19-13-7-3-8-14-19/h2-16,27H,1H3/b25-17-. The Morgan fingerprint density at radius 1 is 0.821 bits per heavy atom. The van der Waals surface area contributed by atoms with E-state index in [1.807, 2.05) is 95.7 Å². The first-order valence-corrected chi connectivity index (χ1v) is 8.93. The Hall–Kier alpha value is -3.86. The molecule has 0 spiro atoms. The Bertz CT molecular complexity index is 1090. The number of rotatable bonds is 4. The quantitative estimate of drug-likeness (QED) is 0.227. The summed E-state index contributed by atoms with van der Waals surface area (Å²) >= 11 is 0. The van der Waals surface area contributed by atoms with Gasteiger partial charge in [-0.3, -0.25) is 0 Å². The molecule has 0 amide bonds. The first-order chi connectivity index (χ1) is 13.8. The van der Waals surface area contributed by atoms with Gasteiger partial charge >= 0.3 is 0 Å². The van der Waals surface area contributed by atoms with Crippen LogP contribution in [-0.2, 0) is 0 Å². The summed E-state index contributed by atoms with van der Waals surface area (Å²) in [5.41, 5.74) is 4.23. The Morgan fingerprint density at radius 3 is 1.93 bits per heavy atom. The van der Waals surface area contributed by atoms with Crippen molar-refractivity contribution in [2.45, 2.75) is 6.92 Å². The van der Waals surface area contributed by atoms with Crippen molar-refractivity contribution in [3.8, 4) is 34.0 Å². The molecule has 0 unspecified atom stereocenters. The monoisotopic (exact) mass is 369 g/mol. The summed E-state index contributed by atoms with van der Waals surface area (Å²) in [4.78, 5) is 0. The molecule has 0 atom stereocenters. The normalized spacial score (nSPS) is 11.4. The molecule has 0 saturated carbocycles. The summed E-state index contributed by atoms with van der Waals surface area (Å²) in [5.74, 6) is 0.679. The summed E-state index contributed by atoms with van der Waals surface area (Å²) in [5, 5.41) is 17.2. The molecule has 0 aliphatic heterocycles. The minimum atomic E-state index is 0.141. The molecule has 0 bridgehead atoms. The second kappa shape index (κ2) is 7.80. The second-order valence-electron chi connectivity index (χ2n) is 6.23. The summed E-state index contributed by atoms with van der Waals surface area (Å²) in [6.45, 7) is 1.60. The van der Waals surface area contributed by atoms with Gasteiger partial charge in [-0.1, -0.05) is 84.0 Å². The molecule has 5 heteroatoms. The van der Waals surface area contributed by atoms with E-state index in [2.05, 4.69) is 5.16 Å². The summed E-state index contributed by atoms with van der Waals surface area (Å²) in [6, 6.07) is 29.6. The van der Waals surface area contributed by atoms with E-state index in [1.165, 1.54) is 0 Å². The maximum Gasteiger partial charge on any atom is 0.228 e. The van der Waals surface area contributed by atoms with Gasteiger partial charge in [0, 0.05) is 18.1 Å². The number of hydrogen-bond acceptors (Lipinski definition) is 4. The maximum absolute atomic E-state index is 9.18. The van der Waals surface area contributed by atoms with E-state index in [4.69, 9.17) is 9.84 Å². The van der Waals surface area contributed by atoms with Crippen LogP contribution in [0, 0.1) is 0 Å². The van der Waals surface area contributed by atoms with Crippen LogP contribution in [0.4, 0.5) is 0 Å². The summed E-state index contributed by atoms with van der Waals surface area (Å²) < 4.78 is 7.81. The zero-order valence-corrected chi connectivity index (χ0v) is 15.4. The number of aromatic nitrogens is 2. The minimum absolute atomic E-state index is 0.141. The van der Waals surface area contributed by atoms with Crippen LogP contribution in [0.25, 0.3) is 28.2 Å². The lowest BCUT2D eigenvalue weighted by Gasteiger charge is -2.10. The van der Waals surface area contributed by atoms with E-state index in [9.17, 15) is 5.21 Å². The Kier molecular flexibility index (Phi) is 4.89. The number of ether oxygens (including phenoxy) is 1. The van der Waals surface area contributed by atoms with Crippen molar-refractivity contribution in [3.05, 3.63) is 91.0 Å². The van der Waals surface area contributed by atoms with Crippen LogP contribution in [-0.4, -0.2) is 20.9 Å². The summed E-state index contributed by atoms with van der Waals surface area (Å²) in [7, 11) is 0. The lowest BCUT2D eigenvalue weighted by atomic mass is 10.1. The van der Waals surface area contributed by atoms with E-state index in [0.717, 1.165) is 22.5 Å². The molecule has 138 valence electrons. The average molecular weight is 369 g/mol. The fraction of sp³-hybridized carbons (Fsp3) is 0.0435. The van der Waals surface area contributed by atoms with Crippen LogP contribution >= 0.6 is 0 Å². The van der Waals surface area contributed by atoms with E-state index < -0.39 is 0 Å². The third-order valence-corrected chi connectivity index (χ3v) is 4.33. The Morgan fingerprint density at radius 2 is 1.36 bits per heavy atom. The van der Waals surface area contributed by atoms with Crippen molar-refractivity contribution < 1.29 is 9.94 Å². The molecule has 0 aliphatic carbocycles. The van der Waals surface area contributed by atoms with Gasteiger partial charge in [-0.05, 0) is 12.1 Å². The van der Waals surface area contributed by atoms with Gasteiger partial charge in [0.05, 0.1) is 5.69 Å². The minimum Gasteiger partial charge on any atom is -0.435 e. The molecule has 0 aliphatic rings. The van der Waals surface area contributed by atoms with Gasteiger partial charge in [0.25, 0.3) is 0 Å². The maximum atomic E-state index is 9.18. The summed E-state index contributed by atoms with van der Waals surface area (Å²) in [6.07, 6.45) is 0. The van der Waals surface area contributed by atoms with Crippen LogP contribution in [0.2, 0.25) is 0 Å². The fourth-order valence-corrected chi connectivity index (χ4v) is 3.06. The van der Waals surface area contributed by atoms with Crippen LogP contribution < -0.4 is 4.74 Å². The molecular formula is C23H19N3O2. The van der Waals surface area contributed by atoms with Crippen molar-refractivity contribution in [2.75, 3.05) is 0 Å². The highest BCUT2D eigenvalue weighted by Gasteiger charge is 2.24. The van der Waals surface area contributed by atoms with Gasteiger partial charge in [0.1, 0.15) is 11.4 Å². The first kappa shape index (κ1) is 17.5. The molecule has 0 saturated heterocycles. The van der Waals surface area contributed by atoms with Gasteiger partial charge in [0.15, 0.2) is 5.75 Å². The molecule has 3 aromatic carbocycles. The van der Waals surface area contributed by atoms with Gasteiger partial charge in [-0.2, -0.15) is 5.10 Å². The van der Waals surface area contributed by atoms with Gasteiger partial charge in [-0.15, -0.1) is 0 Å². The van der Waals surface area contributed by atoms with Crippen molar-refractivity contribution in [3.63, 3.8) is 0 Å². The number of para-hydroxylation sites is 1. The molecule has 4 aromatic rings. The van der Waals surface area contributed by atoms with Gasteiger partial charge in [-0.25, -0.2) is 4.68 Å². The van der Waals surface area contributed by atoms with E-state index >= 15 is 0 Å². The van der Waals surface area contributed by atoms with E-state index in [-0.39, 0.29) is 5.90 Å². The van der Waals surface area contributed by atoms with Crippen molar-refractivity contribution in [2.24, 2.45) is 5.16 Å². The highest BCUT2D eigenvalue weighted by molar-refractivity contribution is 5.85. The topological polar surface area (TPSA) is 59.6 Å². The van der Waals surface area contributed by atoms with Crippen molar-refractivity contribution >= 4 is 5.90 Å². The first-order valence-electron chi connectivity index (χ1n) is 8.93. The molecule has 1 aromatic heterocycles. The highest BCUT2D eigenvalue weighted by atomic mass is 16.5. The molecule has 4 rings (SSSR count). The van der Waals surface area contributed by atoms with Crippen LogP contribution in [0.15, 0.2) is 96.2 Å². The van der Waals surface area contributed by atoms with Crippen LogP contribution in [0.5, 0.6) is 5.75 Å². The molecule has 1 N–H and O–H groups in total. The van der Waals surface area contributed by atoms with Crippen molar-refractivity contribution in [1.29, 1.82) is 0 Å². The lowest BCUT2D eigenvalue weighted by Crippen LogP contribution is -2.05. The van der Waals surface area contributed by atoms with Crippen LogP contribution in [0.1, 0.15) is 6.92 Å². The third kappa shape index (κ3) is 3.38. The van der Waals surface area contributed by atoms with E-state index in [0.29, 0.717) is 11.4 Å². The molecule has 5 nitrogen and oxygen atoms in total. The second-order valence-corrected chi connectivity index (χ2v) is 6.23. The molecule has 0 fully saturated rings. The predicted molar refractivity (Wildman–Crippen MR) is 110 cm³/mol.